The van der Waals surface area contributed by atoms with Crippen LogP contribution in [0.15, 0.2) is 36.4 Å². The van der Waals surface area contributed by atoms with Crippen molar-refractivity contribution in [2.24, 2.45) is 0 Å². The SMILES string of the molecule is COc1ccc([C@H](O)c2ccc(OC)c([N+](=O)[O-])c2)c(OC)c1. The first kappa shape index (κ1) is 16.6. The van der Waals surface area contributed by atoms with Crippen LogP contribution >= 0.6 is 0 Å². The summed E-state index contributed by atoms with van der Waals surface area (Å²) in [6, 6.07) is 9.27. The van der Waals surface area contributed by atoms with Crippen molar-refractivity contribution in [1.29, 1.82) is 0 Å². The molecule has 1 atom stereocenters. The zero-order chi connectivity index (χ0) is 17.0. The van der Waals surface area contributed by atoms with Gasteiger partial charge in [-0.05, 0) is 23.8 Å². The van der Waals surface area contributed by atoms with Gasteiger partial charge in [0.2, 0.25) is 0 Å². The van der Waals surface area contributed by atoms with Gasteiger partial charge in [-0.1, -0.05) is 6.07 Å². The van der Waals surface area contributed by atoms with Crippen LogP contribution in [0.3, 0.4) is 0 Å². The van der Waals surface area contributed by atoms with Crippen molar-refractivity contribution >= 4 is 5.69 Å². The second-order valence-corrected chi connectivity index (χ2v) is 4.70. The molecule has 0 aliphatic carbocycles. The summed E-state index contributed by atoms with van der Waals surface area (Å²) in [7, 11) is 4.35. The van der Waals surface area contributed by atoms with Crippen LogP contribution in [0.2, 0.25) is 0 Å². The van der Waals surface area contributed by atoms with Crippen molar-refractivity contribution in [3.05, 3.63) is 57.6 Å². The maximum absolute atomic E-state index is 11.1. The largest absolute Gasteiger partial charge is 0.497 e. The van der Waals surface area contributed by atoms with Crippen LogP contribution in [0.25, 0.3) is 0 Å². The number of nitro benzene ring substituents is 1. The van der Waals surface area contributed by atoms with Crippen molar-refractivity contribution in [1.82, 2.24) is 0 Å². The lowest BCUT2D eigenvalue weighted by Gasteiger charge is -2.16. The molecular weight excluding hydrogens is 302 g/mol. The van der Waals surface area contributed by atoms with Crippen LogP contribution in [0.4, 0.5) is 5.69 Å². The monoisotopic (exact) mass is 319 g/mol. The molecule has 2 aromatic rings. The van der Waals surface area contributed by atoms with E-state index < -0.39 is 11.0 Å². The summed E-state index contributed by atoms with van der Waals surface area (Å²) in [5, 5.41) is 21.7. The Bertz CT molecular complexity index is 716. The normalized spacial score (nSPS) is 11.7. The molecule has 0 saturated carbocycles. The minimum Gasteiger partial charge on any atom is -0.497 e. The molecule has 122 valence electrons. The van der Waals surface area contributed by atoms with Crippen molar-refractivity contribution in [3.8, 4) is 17.2 Å². The van der Waals surface area contributed by atoms with E-state index in [1.807, 2.05) is 0 Å². The lowest BCUT2D eigenvalue weighted by atomic mass is 9.99. The number of methoxy groups -OCH3 is 3. The zero-order valence-corrected chi connectivity index (χ0v) is 13.0. The molecule has 7 heteroatoms. The summed E-state index contributed by atoms with van der Waals surface area (Å²) < 4.78 is 15.3. The Morgan fingerprint density at radius 3 is 2.26 bits per heavy atom. The molecule has 0 aliphatic rings. The van der Waals surface area contributed by atoms with Crippen LogP contribution in [-0.4, -0.2) is 31.4 Å². The van der Waals surface area contributed by atoms with E-state index in [1.54, 1.807) is 24.3 Å². The van der Waals surface area contributed by atoms with Crippen molar-refractivity contribution in [3.63, 3.8) is 0 Å². The number of nitrogens with zero attached hydrogens (tertiary/aromatic N) is 1. The van der Waals surface area contributed by atoms with Crippen LogP contribution in [0, 0.1) is 10.1 Å². The zero-order valence-electron chi connectivity index (χ0n) is 13.0. The Labute approximate surface area is 133 Å². The van der Waals surface area contributed by atoms with Gasteiger partial charge < -0.3 is 19.3 Å². The van der Waals surface area contributed by atoms with E-state index in [9.17, 15) is 15.2 Å². The van der Waals surface area contributed by atoms with Gasteiger partial charge in [0.15, 0.2) is 5.75 Å². The molecule has 23 heavy (non-hydrogen) atoms. The third kappa shape index (κ3) is 3.35. The Morgan fingerprint density at radius 1 is 1.00 bits per heavy atom. The molecule has 0 radical (unpaired) electrons. The Balaban J connectivity index is 2.46. The van der Waals surface area contributed by atoms with Crippen molar-refractivity contribution < 1.29 is 24.2 Å². The molecule has 1 N–H and O–H groups in total. The topological polar surface area (TPSA) is 91.1 Å². The molecule has 0 spiro atoms. The number of ether oxygens (including phenoxy) is 3. The molecule has 0 aromatic heterocycles. The summed E-state index contributed by atoms with van der Waals surface area (Å²) in [5.41, 5.74) is 0.630. The maximum Gasteiger partial charge on any atom is 0.311 e. The Kier molecular flexibility index (Phi) is 5.02. The minimum atomic E-state index is -1.08. The Morgan fingerprint density at radius 2 is 1.70 bits per heavy atom. The van der Waals surface area contributed by atoms with E-state index >= 15 is 0 Å². The van der Waals surface area contributed by atoms with Gasteiger partial charge >= 0.3 is 5.69 Å². The fraction of sp³-hybridized carbons (Fsp3) is 0.250. The molecule has 0 amide bonds. The van der Waals surface area contributed by atoms with Gasteiger partial charge in [-0.25, -0.2) is 0 Å². The highest BCUT2D eigenvalue weighted by Crippen LogP contribution is 2.36. The second kappa shape index (κ2) is 6.97. The highest BCUT2D eigenvalue weighted by Gasteiger charge is 2.21. The van der Waals surface area contributed by atoms with Crippen LogP contribution in [-0.2, 0) is 0 Å². The number of aliphatic hydroxyl groups excluding tert-OH is 1. The molecular formula is C16H17NO6. The van der Waals surface area contributed by atoms with Gasteiger partial charge in [0.05, 0.1) is 26.3 Å². The Hall–Kier alpha value is -2.80. The number of benzene rings is 2. The first-order chi connectivity index (χ1) is 11.0. The summed E-state index contributed by atoms with van der Waals surface area (Å²) in [6.45, 7) is 0. The minimum absolute atomic E-state index is 0.132. The average Bonchev–Trinajstić information content (AvgIpc) is 2.59. The molecule has 0 saturated heterocycles. The van der Waals surface area contributed by atoms with E-state index in [2.05, 4.69) is 0 Å². The van der Waals surface area contributed by atoms with E-state index in [4.69, 9.17) is 14.2 Å². The van der Waals surface area contributed by atoms with Gasteiger partial charge in [-0.2, -0.15) is 0 Å². The molecule has 0 heterocycles. The van der Waals surface area contributed by atoms with Crippen LogP contribution in [0.1, 0.15) is 17.2 Å². The molecule has 2 rings (SSSR count). The highest BCUT2D eigenvalue weighted by atomic mass is 16.6. The van der Waals surface area contributed by atoms with Crippen LogP contribution < -0.4 is 14.2 Å². The van der Waals surface area contributed by atoms with Crippen LogP contribution in [0.5, 0.6) is 17.2 Å². The average molecular weight is 319 g/mol. The van der Waals surface area contributed by atoms with Crippen molar-refractivity contribution in [2.45, 2.75) is 6.10 Å². The van der Waals surface area contributed by atoms with E-state index in [1.165, 1.54) is 33.5 Å². The highest BCUT2D eigenvalue weighted by molar-refractivity contribution is 5.52. The standard InChI is InChI=1S/C16H17NO6/c1-21-11-5-6-12(15(9-11)23-3)16(18)10-4-7-14(22-2)13(8-10)17(19)20/h4-9,16,18H,1-3H3/t16-/m1/s1. The van der Waals surface area contributed by atoms with Gasteiger partial charge in [0, 0.05) is 17.7 Å². The third-order valence-electron chi connectivity index (χ3n) is 3.45. The smallest absolute Gasteiger partial charge is 0.311 e. The fourth-order valence-electron chi connectivity index (χ4n) is 2.24. The predicted molar refractivity (Wildman–Crippen MR) is 83.3 cm³/mol. The molecule has 0 fully saturated rings. The summed E-state index contributed by atoms with van der Waals surface area (Å²) in [4.78, 5) is 10.5. The number of hydrogen-bond donors (Lipinski definition) is 1. The fourth-order valence-corrected chi connectivity index (χ4v) is 2.24. The number of aliphatic hydroxyl groups is 1. The maximum atomic E-state index is 11.1. The third-order valence-corrected chi connectivity index (χ3v) is 3.45. The first-order valence-corrected chi connectivity index (χ1v) is 6.74. The van der Waals surface area contributed by atoms with Crippen molar-refractivity contribution in [2.75, 3.05) is 21.3 Å². The lowest BCUT2D eigenvalue weighted by Crippen LogP contribution is -2.04. The molecule has 7 nitrogen and oxygen atoms in total. The number of nitro groups is 1. The second-order valence-electron chi connectivity index (χ2n) is 4.70. The molecule has 2 aromatic carbocycles. The number of rotatable bonds is 6. The van der Waals surface area contributed by atoms with Gasteiger partial charge in [0.1, 0.15) is 17.6 Å². The van der Waals surface area contributed by atoms with Gasteiger partial charge in [-0.3, -0.25) is 10.1 Å². The molecule has 0 bridgehead atoms. The van der Waals surface area contributed by atoms with E-state index in [0.717, 1.165) is 0 Å². The molecule has 0 aliphatic heterocycles. The van der Waals surface area contributed by atoms with E-state index in [-0.39, 0.29) is 11.4 Å². The molecule has 0 unspecified atom stereocenters. The predicted octanol–water partition coefficient (Wildman–Crippen LogP) is 2.70. The number of hydrogen-bond acceptors (Lipinski definition) is 6. The van der Waals surface area contributed by atoms with E-state index in [0.29, 0.717) is 22.6 Å². The lowest BCUT2D eigenvalue weighted by molar-refractivity contribution is -0.385. The van der Waals surface area contributed by atoms with Gasteiger partial charge in [0.25, 0.3) is 0 Å². The quantitative estimate of drug-likeness (QED) is 0.650. The summed E-state index contributed by atoms with van der Waals surface area (Å²) in [6.07, 6.45) is -1.08. The first-order valence-electron chi connectivity index (χ1n) is 6.74. The summed E-state index contributed by atoms with van der Waals surface area (Å²) in [5.74, 6) is 1.14. The van der Waals surface area contributed by atoms with Gasteiger partial charge in [-0.15, -0.1) is 0 Å². The summed E-state index contributed by atoms with van der Waals surface area (Å²) >= 11 is 0.